The minimum atomic E-state index is -0.504. The van der Waals surface area contributed by atoms with Crippen molar-refractivity contribution < 1.29 is 19.1 Å². The van der Waals surface area contributed by atoms with Crippen molar-refractivity contribution in [2.24, 2.45) is 0 Å². The molecule has 0 aromatic carbocycles. The molecule has 1 amide bonds. The summed E-state index contributed by atoms with van der Waals surface area (Å²) in [7, 11) is 2.81. The zero-order valence-electron chi connectivity index (χ0n) is 11.0. The van der Waals surface area contributed by atoms with E-state index in [0.717, 1.165) is 6.42 Å². The average molecular weight is 264 g/mol. The molecule has 19 heavy (non-hydrogen) atoms. The Bertz CT molecular complexity index is 489. The largest absolute Gasteiger partial charge is 0.494 e. The van der Waals surface area contributed by atoms with Gasteiger partial charge in [0, 0.05) is 12.7 Å². The van der Waals surface area contributed by atoms with E-state index < -0.39 is 6.04 Å². The predicted molar refractivity (Wildman–Crippen MR) is 66.9 cm³/mol. The number of hydrogen-bond donors (Lipinski definition) is 0. The smallest absolute Gasteiger partial charge is 0.328 e. The molecule has 0 spiro atoms. The number of nitrogens with zero attached hydrogens (tertiary/aromatic N) is 2. The minimum absolute atomic E-state index is 0.229. The fourth-order valence-electron chi connectivity index (χ4n) is 2.26. The van der Waals surface area contributed by atoms with Gasteiger partial charge in [-0.15, -0.1) is 0 Å². The second kappa shape index (κ2) is 5.69. The average Bonchev–Trinajstić information content (AvgIpc) is 2.95. The molecule has 1 aliphatic heterocycles. The van der Waals surface area contributed by atoms with E-state index >= 15 is 0 Å². The van der Waals surface area contributed by atoms with Crippen LogP contribution in [0.25, 0.3) is 0 Å². The van der Waals surface area contributed by atoms with Crippen molar-refractivity contribution in [1.29, 1.82) is 0 Å². The lowest BCUT2D eigenvalue weighted by Crippen LogP contribution is -2.41. The first-order chi connectivity index (χ1) is 9.19. The molecule has 2 heterocycles. The summed E-state index contributed by atoms with van der Waals surface area (Å²) < 4.78 is 9.85. The van der Waals surface area contributed by atoms with E-state index in [4.69, 9.17) is 9.47 Å². The van der Waals surface area contributed by atoms with E-state index in [0.29, 0.717) is 24.3 Å². The number of amides is 1. The number of pyridine rings is 1. The lowest BCUT2D eigenvalue weighted by Gasteiger charge is -2.23. The number of carbonyl (C=O) groups excluding carboxylic acids is 2. The number of carbonyl (C=O) groups is 2. The van der Waals surface area contributed by atoms with Crippen molar-refractivity contribution in [3.05, 3.63) is 24.0 Å². The van der Waals surface area contributed by atoms with Crippen molar-refractivity contribution in [2.75, 3.05) is 20.8 Å². The maximum Gasteiger partial charge on any atom is 0.328 e. The second-order valence-electron chi connectivity index (χ2n) is 4.26. The third-order valence-electron chi connectivity index (χ3n) is 3.22. The number of ether oxygens (including phenoxy) is 2. The molecule has 1 saturated heterocycles. The first-order valence-electron chi connectivity index (χ1n) is 6.06. The highest BCUT2D eigenvalue weighted by molar-refractivity contribution is 5.99. The number of aromatic nitrogens is 1. The first kappa shape index (κ1) is 13.3. The molecular formula is C13H16N2O4. The highest BCUT2D eigenvalue weighted by Gasteiger charge is 2.36. The molecular weight excluding hydrogens is 248 g/mol. The summed E-state index contributed by atoms with van der Waals surface area (Å²) in [6.45, 7) is 0.546. The van der Waals surface area contributed by atoms with Crippen LogP contribution in [0, 0.1) is 0 Å². The van der Waals surface area contributed by atoms with Crippen LogP contribution < -0.4 is 4.74 Å². The van der Waals surface area contributed by atoms with Gasteiger partial charge in [0.2, 0.25) is 0 Å². The Morgan fingerprint density at radius 3 is 2.89 bits per heavy atom. The SMILES string of the molecule is COC(=O)C1CCCN1C(=O)c1ccncc1OC. The predicted octanol–water partition coefficient (Wildman–Crippen LogP) is 0.868. The van der Waals surface area contributed by atoms with Crippen LogP contribution in [0.4, 0.5) is 0 Å². The maximum atomic E-state index is 12.5. The van der Waals surface area contributed by atoms with Crippen LogP contribution in [-0.2, 0) is 9.53 Å². The number of hydrogen-bond acceptors (Lipinski definition) is 5. The molecule has 1 fully saturated rings. The van der Waals surface area contributed by atoms with E-state index in [9.17, 15) is 9.59 Å². The van der Waals surface area contributed by atoms with Gasteiger partial charge >= 0.3 is 5.97 Å². The van der Waals surface area contributed by atoms with E-state index in [-0.39, 0.29) is 11.9 Å². The second-order valence-corrected chi connectivity index (χ2v) is 4.26. The molecule has 2 rings (SSSR count). The molecule has 1 aliphatic rings. The molecule has 0 aliphatic carbocycles. The molecule has 6 nitrogen and oxygen atoms in total. The summed E-state index contributed by atoms with van der Waals surface area (Å²) >= 11 is 0. The Morgan fingerprint density at radius 1 is 1.42 bits per heavy atom. The first-order valence-corrected chi connectivity index (χ1v) is 6.06. The molecule has 0 radical (unpaired) electrons. The van der Waals surface area contributed by atoms with Crippen molar-refractivity contribution in [1.82, 2.24) is 9.88 Å². The van der Waals surface area contributed by atoms with Crippen LogP contribution in [0.5, 0.6) is 5.75 Å². The summed E-state index contributed by atoms with van der Waals surface area (Å²) in [4.78, 5) is 29.6. The van der Waals surface area contributed by atoms with Gasteiger partial charge in [-0.25, -0.2) is 4.79 Å². The van der Waals surface area contributed by atoms with Gasteiger partial charge in [-0.2, -0.15) is 0 Å². The van der Waals surface area contributed by atoms with Crippen molar-refractivity contribution in [3.63, 3.8) is 0 Å². The van der Waals surface area contributed by atoms with Gasteiger partial charge in [0.25, 0.3) is 5.91 Å². The normalized spacial score (nSPS) is 18.2. The van der Waals surface area contributed by atoms with Crippen molar-refractivity contribution in [2.45, 2.75) is 18.9 Å². The van der Waals surface area contributed by atoms with Gasteiger partial charge in [-0.05, 0) is 18.9 Å². The van der Waals surface area contributed by atoms with E-state index in [1.807, 2.05) is 0 Å². The van der Waals surface area contributed by atoms with Gasteiger partial charge in [-0.3, -0.25) is 9.78 Å². The van der Waals surface area contributed by atoms with Gasteiger partial charge < -0.3 is 14.4 Å². The highest BCUT2D eigenvalue weighted by Crippen LogP contribution is 2.24. The minimum Gasteiger partial charge on any atom is -0.494 e. The molecule has 1 aromatic heterocycles. The number of rotatable bonds is 3. The van der Waals surface area contributed by atoms with Crippen molar-refractivity contribution >= 4 is 11.9 Å². The fourth-order valence-corrected chi connectivity index (χ4v) is 2.26. The fraction of sp³-hybridized carbons (Fsp3) is 0.462. The molecule has 1 aromatic rings. The summed E-state index contributed by atoms with van der Waals surface area (Å²) in [6, 6.07) is 1.09. The zero-order chi connectivity index (χ0) is 13.8. The summed E-state index contributed by atoms with van der Waals surface area (Å²) in [6.07, 6.45) is 4.43. The summed E-state index contributed by atoms with van der Waals surface area (Å²) in [5.74, 6) is -0.200. The molecule has 0 N–H and O–H groups in total. The van der Waals surface area contributed by atoms with E-state index in [1.165, 1.54) is 31.5 Å². The lowest BCUT2D eigenvalue weighted by molar-refractivity contribution is -0.145. The van der Waals surface area contributed by atoms with Crippen LogP contribution in [0.2, 0.25) is 0 Å². The molecule has 1 unspecified atom stereocenters. The molecule has 0 bridgehead atoms. The van der Waals surface area contributed by atoms with Gasteiger partial charge in [0.15, 0.2) is 0 Å². The zero-order valence-corrected chi connectivity index (χ0v) is 11.0. The standard InChI is InChI=1S/C13H16N2O4/c1-18-11-8-14-6-5-9(11)12(16)15-7-3-4-10(15)13(17)19-2/h5-6,8,10H,3-4,7H2,1-2H3. The molecule has 1 atom stereocenters. The Hall–Kier alpha value is -2.11. The van der Waals surface area contributed by atoms with Crippen LogP contribution >= 0.6 is 0 Å². The van der Waals surface area contributed by atoms with Crippen LogP contribution in [0.3, 0.4) is 0 Å². The maximum absolute atomic E-state index is 12.5. The molecule has 6 heteroatoms. The topological polar surface area (TPSA) is 68.7 Å². The van der Waals surface area contributed by atoms with Crippen LogP contribution in [-0.4, -0.2) is 48.6 Å². The monoisotopic (exact) mass is 264 g/mol. The Morgan fingerprint density at radius 2 is 2.21 bits per heavy atom. The van der Waals surface area contributed by atoms with E-state index in [1.54, 1.807) is 6.07 Å². The Balaban J connectivity index is 2.26. The molecule has 0 saturated carbocycles. The van der Waals surface area contributed by atoms with Crippen LogP contribution in [0.1, 0.15) is 23.2 Å². The van der Waals surface area contributed by atoms with E-state index in [2.05, 4.69) is 4.98 Å². The lowest BCUT2D eigenvalue weighted by atomic mass is 10.2. The number of methoxy groups -OCH3 is 2. The summed E-state index contributed by atoms with van der Waals surface area (Å²) in [5.41, 5.74) is 0.410. The number of likely N-dealkylation sites (tertiary alicyclic amines) is 1. The third kappa shape index (κ3) is 2.52. The van der Waals surface area contributed by atoms with Gasteiger partial charge in [0.05, 0.1) is 26.0 Å². The Labute approximate surface area is 111 Å². The van der Waals surface area contributed by atoms with Crippen molar-refractivity contribution in [3.8, 4) is 5.75 Å². The third-order valence-corrected chi connectivity index (χ3v) is 3.22. The number of esters is 1. The molecule has 102 valence electrons. The quantitative estimate of drug-likeness (QED) is 0.758. The van der Waals surface area contributed by atoms with Gasteiger partial charge in [-0.1, -0.05) is 0 Å². The Kier molecular flexibility index (Phi) is 3.99. The van der Waals surface area contributed by atoms with Crippen LogP contribution in [0.15, 0.2) is 18.5 Å². The highest BCUT2D eigenvalue weighted by atomic mass is 16.5. The van der Waals surface area contributed by atoms with Gasteiger partial charge in [0.1, 0.15) is 11.8 Å². The summed E-state index contributed by atoms with van der Waals surface area (Å²) in [5, 5.41) is 0.